The lowest BCUT2D eigenvalue weighted by Crippen LogP contribution is -2.05. The second kappa shape index (κ2) is 1.66. The maximum Gasteiger partial charge on any atom is 0.276 e. The third kappa shape index (κ3) is 0.540. The van der Waals surface area contributed by atoms with Crippen LogP contribution in [0.5, 0.6) is 0 Å². The van der Waals surface area contributed by atoms with Crippen molar-refractivity contribution in [1.29, 1.82) is 0 Å². The minimum absolute atomic E-state index is 0.192. The Kier molecular flexibility index (Phi) is 0.858. The highest BCUT2D eigenvalue weighted by Crippen LogP contribution is 1.94. The molecule has 0 atom stereocenters. The third-order valence-corrected chi connectivity index (χ3v) is 1.23. The Bertz CT molecular complexity index is 401. The van der Waals surface area contributed by atoms with Crippen molar-refractivity contribution in [3.8, 4) is 0 Å². The van der Waals surface area contributed by atoms with Crippen LogP contribution >= 0.6 is 0 Å². The van der Waals surface area contributed by atoms with E-state index in [9.17, 15) is 4.79 Å². The maximum atomic E-state index is 10.9. The molecule has 0 fully saturated rings. The molecule has 10 heavy (non-hydrogen) atoms. The lowest BCUT2D eigenvalue weighted by atomic mass is 10.6. The Hall–Kier alpha value is -1.65. The summed E-state index contributed by atoms with van der Waals surface area (Å²) in [7, 11) is 0. The fourth-order valence-electron chi connectivity index (χ4n) is 0.776. The van der Waals surface area contributed by atoms with E-state index in [-0.39, 0.29) is 5.56 Å². The summed E-state index contributed by atoms with van der Waals surface area (Å²) in [5, 5.41) is 0. The quantitative estimate of drug-likeness (QED) is 0.522. The Balaban J connectivity index is 3.09. The molecule has 50 valence electrons. The lowest BCUT2D eigenvalue weighted by molar-refractivity contribution is 1.15. The summed E-state index contributed by atoms with van der Waals surface area (Å²) in [6.07, 6.45) is 2.76. The Labute approximate surface area is 55.1 Å². The zero-order valence-electron chi connectivity index (χ0n) is 4.96. The van der Waals surface area contributed by atoms with Crippen molar-refractivity contribution in [1.82, 2.24) is 19.9 Å². The predicted octanol–water partition coefficient (Wildman–Crippen LogP) is -0.354. The molecule has 5 heteroatoms. The van der Waals surface area contributed by atoms with Crippen molar-refractivity contribution >= 4 is 11.2 Å². The van der Waals surface area contributed by atoms with E-state index in [2.05, 4.69) is 19.9 Å². The number of aromatic nitrogens is 4. The first-order valence-corrected chi connectivity index (χ1v) is 2.75. The average molecular weight is 138 g/mol. The molecule has 5 nitrogen and oxygen atoms in total. The molecule has 2 heterocycles. The Morgan fingerprint density at radius 1 is 1.60 bits per heavy atom. The normalized spacial score (nSPS) is 10.4. The van der Waals surface area contributed by atoms with Gasteiger partial charge in [0.1, 0.15) is 0 Å². The number of nitrogens with zero attached hydrogens (tertiary/aromatic N) is 2. The van der Waals surface area contributed by atoms with Gasteiger partial charge in [-0.2, -0.15) is 0 Å². The van der Waals surface area contributed by atoms with Crippen molar-refractivity contribution in [2.24, 2.45) is 0 Å². The lowest BCUT2D eigenvalue weighted by Gasteiger charge is -1.81. The molecular weight excluding hydrogens is 134 g/mol. The highest BCUT2D eigenvalue weighted by molar-refractivity contribution is 5.67. The van der Waals surface area contributed by atoms with Crippen molar-refractivity contribution < 1.29 is 0 Å². The smallest absolute Gasteiger partial charge is 0.276 e. The van der Waals surface area contributed by atoms with E-state index >= 15 is 0 Å². The van der Waals surface area contributed by atoms with Crippen LogP contribution in [0.4, 0.5) is 0 Å². The van der Waals surface area contributed by atoms with Gasteiger partial charge in [-0.25, -0.2) is 9.97 Å². The molecule has 0 saturated heterocycles. The zero-order chi connectivity index (χ0) is 6.97. The molecule has 0 saturated carbocycles. The van der Waals surface area contributed by atoms with Crippen LogP contribution in [0.3, 0.4) is 0 Å². The largest absolute Gasteiger partial charge is 0.339 e. The highest BCUT2D eigenvalue weighted by atomic mass is 16.1. The molecular formula is C5H4N4O. The first-order valence-electron chi connectivity index (χ1n) is 2.75. The monoisotopic (exact) mass is 138 g/mol. The van der Waals surface area contributed by atoms with Crippen molar-refractivity contribution in [3.63, 3.8) is 0 Å². The second-order valence-electron chi connectivity index (χ2n) is 1.83. The summed E-state index contributed by atoms with van der Waals surface area (Å²) in [5.41, 5.74) is 0.675. The van der Waals surface area contributed by atoms with E-state index in [0.717, 1.165) is 0 Å². The Morgan fingerprint density at radius 3 is 3.30 bits per heavy atom. The van der Waals surface area contributed by atoms with Gasteiger partial charge in [-0.15, -0.1) is 0 Å². The number of rotatable bonds is 0. The van der Waals surface area contributed by atoms with E-state index in [1.807, 2.05) is 0 Å². The molecule has 0 aliphatic rings. The van der Waals surface area contributed by atoms with Crippen LogP contribution in [0.1, 0.15) is 0 Å². The van der Waals surface area contributed by atoms with Gasteiger partial charge in [0.05, 0.1) is 12.7 Å². The number of imidazole rings is 1. The number of aromatic amines is 2. The van der Waals surface area contributed by atoms with E-state index in [1.165, 1.54) is 12.7 Å². The molecule has 2 N–H and O–H groups in total. The fourth-order valence-corrected chi connectivity index (χ4v) is 0.776. The Morgan fingerprint density at radius 2 is 2.50 bits per heavy atom. The van der Waals surface area contributed by atoms with Crippen LogP contribution in [0.15, 0.2) is 17.4 Å². The molecule has 0 amide bonds. The first kappa shape index (κ1) is 5.16. The van der Waals surface area contributed by atoms with Gasteiger partial charge in [0.15, 0.2) is 11.2 Å². The van der Waals surface area contributed by atoms with Gasteiger partial charge < -0.3 is 9.97 Å². The van der Waals surface area contributed by atoms with Crippen LogP contribution < -0.4 is 5.56 Å². The highest BCUT2D eigenvalue weighted by Gasteiger charge is 1.97. The first-order chi connectivity index (χ1) is 4.88. The SMILES string of the molecule is O=c1[nH][14cH]nc2nc[nH]c12. The summed E-state index contributed by atoms with van der Waals surface area (Å²) >= 11 is 0. The van der Waals surface area contributed by atoms with Crippen LogP contribution in [-0.2, 0) is 0 Å². The summed E-state index contributed by atoms with van der Waals surface area (Å²) < 4.78 is 0. The number of hydrogen-bond acceptors (Lipinski definition) is 3. The molecule has 0 bridgehead atoms. The molecule has 0 unspecified atom stereocenters. The van der Waals surface area contributed by atoms with E-state index in [1.54, 1.807) is 0 Å². The molecule has 0 aromatic carbocycles. The van der Waals surface area contributed by atoms with E-state index in [0.29, 0.717) is 11.2 Å². The summed E-state index contributed by atoms with van der Waals surface area (Å²) in [5.74, 6) is 0. The van der Waals surface area contributed by atoms with Crippen LogP contribution in [0, 0.1) is 0 Å². The number of hydrogen-bond donors (Lipinski definition) is 2. The topological polar surface area (TPSA) is 74.4 Å². The number of fused-ring (bicyclic) bond motifs is 1. The van der Waals surface area contributed by atoms with E-state index in [4.69, 9.17) is 0 Å². The number of nitrogens with one attached hydrogen (secondary N) is 2. The van der Waals surface area contributed by atoms with Gasteiger partial charge in [-0.05, 0) is 0 Å². The molecule has 2 aromatic heterocycles. The molecule has 0 aliphatic carbocycles. The van der Waals surface area contributed by atoms with Crippen molar-refractivity contribution in [2.45, 2.75) is 0 Å². The minimum Gasteiger partial charge on any atom is -0.339 e. The van der Waals surface area contributed by atoms with Crippen LogP contribution in [0.2, 0.25) is 0 Å². The average Bonchev–Trinajstić information content (AvgIpc) is 2.36. The fraction of sp³-hybridized carbons (Fsp3) is 0. The van der Waals surface area contributed by atoms with Crippen molar-refractivity contribution in [3.05, 3.63) is 23.0 Å². The van der Waals surface area contributed by atoms with Gasteiger partial charge >= 0.3 is 0 Å². The summed E-state index contributed by atoms with van der Waals surface area (Å²) in [4.78, 5) is 23.6. The van der Waals surface area contributed by atoms with Gasteiger partial charge in [0.25, 0.3) is 5.56 Å². The van der Waals surface area contributed by atoms with Gasteiger partial charge in [-0.1, -0.05) is 0 Å². The molecule has 2 rings (SSSR count). The van der Waals surface area contributed by atoms with Crippen LogP contribution in [-0.4, -0.2) is 19.9 Å². The van der Waals surface area contributed by atoms with Gasteiger partial charge in [0.2, 0.25) is 0 Å². The summed E-state index contributed by atoms with van der Waals surface area (Å²) in [6, 6.07) is 0. The zero-order valence-corrected chi connectivity index (χ0v) is 4.96. The standard InChI is InChI=1S/C5H4N4O/c10-5-3-4(7-1-6-3)8-2-9-5/h1-2H,(H2,6,7,8,9,10)/i2+2. The minimum atomic E-state index is -0.192. The number of H-pyrrole nitrogens is 2. The third-order valence-electron chi connectivity index (χ3n) is 1.23. The van der Waals surface area contributed by atoms with Crippen molar-refractivity contribution in [2.75, 3.05) is 0 Å². The van der Waals surface area contributed by atoms with Gasteiger partial charge in [0, 0.05) is 0 Å². The molecule has 0 spiro atoms. The molecule has 0 radical (unpaired) electrons. The summed E-state index contributed by atoms with van der Waals surface area (Å²) in [6.45, 7) is 0. The van der Waals surface area contributed by atoms with E-state index < -0.39 is 0 Å². The maximum absolute atomic E-state index is 10.9. The molecule has 2 aromatic rings. The predicted molar refractivity (Wildman–Crippen MR) is 34.5 cm³/mol. The molecule has 0 aliphatic heterocycles. The van der Waals surface area contributed by atoms with Gasteiger partial charge in [-0.3, -0.25) is 4.79 Å². The van der Waals surface area contributed by atoms with Crippen LogP contribution in [0.25, 0.3) is 11.2 Å². The second-order valence-corrected chi connectivity index (χ2v) is 1.83.